The Kier molecular flexibility index (Phi) is 7.03. The molecule has 2 N–H and O–H groups in total. The second-order valence-electron chi connectivity index (χ2n) is 8.28. The summed E-state index contributed by atoms with van der Waals surface area (Å²) in [7, 11) is 0. The third kappa shape index (κ3) is 5.36. The van der Waals surface area contributed by atoms with Gasteiger partial charge in [-0.2, -0.15) is 0 Å². The van der Waals surface area contributed by atoms with Crippen molar-refractivity contribution in [2.45, 2.75) is 20.5 Å². The van der Waals surface area contributed by atoms with Gasteiger partial charge in [0.2, 0.25) is 0 Å². The maximum atomic E-state index is 13.1. The van der Waals surface area contributed by atoms with E-state index in [1.54, 1.807) is 18.2 Å². The monoisotopic (exact) mass is 548 g/mol. The lowest BCUT2D eigenvalue weighted by Crippen LogP contribution is -2.54. The summed E-state index contributed by atoms with van der Waals surface area (Å²) in [4.78, 5) is 49.7. The van der Waals surface area contributed by atoms with Gasteiger partial charge in [0.15, 0.2) is 0 Å². The number of hydrogen-bond acceptors (Lipinski definition) is 5. The van der Waals surface area contributed by atoms with E-state index in [2.05, 4.69) is 39.4 Å². The summed E-state index contributed by atoms with van der Waals surface area (Å²) in [6.07, 6.45) is 1.38. The molecule has 3 aromatic rings. The number of barbiturate groups is 1. The Morgan fingerprint density at radius 3 is 2.28 bits per heavy atom. The molecule has 1 saturated heterocycles. The molecule has 0 aromatic heterocycles. The summed E-state index contributed by atoms with van der Waals surface area (Å²) >= 11 is 3.47. The summed E-state index contributed by atoms with van der Waals surface area (Å²) in [5, 5.41) is 11.2. The molecular weight excluding hydrogens is 528 g/mol. The van der Waals surface area contributed by atoms with E-state index in [4.69, 9.17) is 9.84 Å². The number of amides is 4. The molecule has 1 heterocycles. The van der Waals surface area contributed by atoms with Crippen LogP contribution in [0.5, 0.6) is 5.75 Å². The standard InChI is InChI=1S/C27H21BrN2O6/c1-15-9-16(2)11-18(10-15)14-36-23-8-3-17(13-22(23)28)12-21-24(31)29-27(35)30(25(21)32)20-6-4-19(5-7-20)26(33)34/h3-13H,14H2,1-2H3,(H,33,34)(H,29,31,35)/b21-12+. The summed E-state index contributed by atoms with van der Waals surface area (Å²) in [5.41, 5.74) is 3.77. The molecule has 4 amide bonds. The van der Waals surface area contributed by atoms with Crippen LogP contribution < -0.4 is 15.0 Å². The zero-order chi connectivity index (χ0) is 26.0. The van der Waals surface area contributed by atoms with Crippen LogP contribution in [0.4, 0.5) is 10.5 Å². The number of ether oxygens (including phenoxy) is 1. The lowest BCUT2D eigenvalue weighted by atomic mass is 10.1. The number of halogens is 1. The average Bonchev–Trinajstić information content (AvgIpc) is 2.81. The molecule has 8 nitrogen and oxygen atoms in total. The maximum Gasteiger partial charge on any atom is 0.335 e. The number of nitrogens with one attached hydrogen (secondary N) is 1. The Bertz CT molecular complexity index is 1410. The minimum atomic E-state index is -1.14. The van der Waals surface area contributed by atoms with Crippen molar-refractivity contribution in [3.63, 3.8) is 0 Å². The molecule has 0 aliphatic carbocycles. The molecule has 3 aromatic carbocycles. The normalized spacial score (nSPS) is 14.7. The van der Waals surface area contributed by atoms with E-state index in [1.165, 1.54) is 30.3 Å². The van der Waals surface area contributed by atoms with Crippen LogP contribution in [-0.4, -0.2) is 28.9 Å². The first-order chi connectivity index (χ1) is 17.1. The zero-order valence-corrected chi connectivity index (χ0v) is 21.0. The van der Waals surface area contributed by atoms with Gasteiger partial charge in [0.05, 0.1) is 15.7 Å². The molecule has 4 rings (SSSR count). The molecule has 182 valence electrons. The fourth-order valence-electron chi connectivity index (χ4n) is 3.85. The molecule has 1 aliphatic heterocycles. The SMILES string of the molecule is Cc1cc(C)cc(COc2ccc(/C=C3\C(=O)NC(=O)N(c4ccc(C(=O)O)cc4)C3=O)cc2Br)c1. The van der Waals surface area contributed by atoms with E-state index in [-0.39, 0.29) is 16.8 Å². The predicted molar refractivity (Wildman–Crippen MR) is 137 cm³/mol. The van der Waals surface area contributed by atoms with Gasteiger partial charge < -0.3 is 9.84 Å². The average molecular weight is 549 g/mol. The van der Waals surface area contributed by atoms with Crippen LogP contribution in [0.2, 0.25) is 0 Å². The summed E-state index contributed by atoms with van der Waals surface area (Å²) < 4.78 is 6.55. The van der Waals surface area contributed by atoms with Gasteiger partial charge in [0, 0.05) is 0 Å². The number of nitrogens with zero attached hydrogens (tertiary/aromatic N) is 1. The van der Waals surface area contributed by atoms with Crippen molar-refractivity contribution in [3.8, 4) is 5.75 Å². The number of carbonyl (C=O) groups excluding carboxylic acids is 3. The second-order valence-corrected chi connectivity index (χ2v) is 9.14. The number of rotatable bonds is 6. The van der Waals surface area contributed by atoms with E-state index < -0.39 is 23.8 Å². The zero-order valence-electron chi connectivity index (χ0n) is 19.4. The van der Waals surface area contributed by atoms with Crippen LogP contribution in [0.3, 0.4) is 0 Å². The van der Waals surface area contributed by atoms with Crippen LogP contribution >= 0.6 is 15.9 Å². The number of urea groups is 1. The molecule has 1 fully saturated rings. The van der Waals surface area contributed by atoms with Gasteiger partial charge in [0.1, 0.15) is 17.9 Å². The highest BCUT2D eigenvalue weighted by Gasteiger charge is 2.36. The Balaban J connectivity index is 1.55. The number of carboxylic acid groups (broad SMARTS) is 1. The predicted octanol–water partition coefficient (Wildman–Crippen LogP) is 5.01. The molecule has 0 bridgehead atoms. The Hall–Kier alpha value is -4.24. The van der Waals surface area contributed by atoms with Crippen LogP contribution in [-0.2, 0) is 16.2 Å². The lowest BCUT2D eigenvalue weighted by Gasteiger charge is -2.26. The first kappa shape index (κ1) is 24.9. The number of aryl methyl sites for hydroxylation is 2. The largest absolute Gasteiger partial charge is 0.488 e. The van der Waals surface area contributed by atoms with Crippen LogP contribution in [0.1, 0.15) is 32.6 Å². The molecule has 36 heavy (non-hydrogen) atoms. The fraction of sp³-hybridized carbons (Fsp3) is 0.111. The van der Waals surface area contributed by atoms with Crippen molar-refractivity contribution >= 4 is 51.5 Å². The van der Waals surface area contributed by atoms with Crippen molar-refractivity contribution in [3.05, 3.63) is 98.5 Å². The highest BCUT2D eigenvalue weighted by atomic mass is 79.9. The number of aromatic carboxylic acids is 1. The Morgan fingerprint density at radius 1 is 1.00 bits per heavy atom. The van der Waals surface area contributed by atoms with Crippen LogP contribution in [0, 0.1) is 13.8 Å². The quantitative estimate of drug-likeness (QED) is 0.330. The van der Waals surface area contributed by atoms with Gasteiger partial charge in [-0.25, -0.2) is 14.5 Å². The number of benzene rings is 3. The number of carbonyl (C=O) groups is 4. The van der Waals surface area contributed by atoms with E-state index in [0.717, 1.165) is 21.6 Å². The van der Waals surface area contributed by atoms with E-state index in [9.17, 15) is 19.2 Å². The van der Waals surface area contributed by atoms with E-state index >= 15 is 0 Å². The smallest absolute Gasteiger partial charge is 0.335 e. The second kappa shape index (κ2) is 10.2. The van der Waals surface area contributed by atoms with Crippen molar-refractivity contribution in [2.24, 2.45) is 0 Å². The number of anilines is 1. The molecule has 0 radical (unpaired) electrons. The minimum Gasteiger partial charge on any atom is -0.488 e. The van der Waals surface area contributed by atoms with Crippen molar-refractivity contribution in [1.29, 1.82) is 0 Å². The third-order valence-electron chi connectivity index (χ3n) is 5.42. The third-order valence-corrected chi connectivity index (χ3v) is 6.04. The number of hydrogen-bond donors (Lipinski definition) is 2. The summed E-state index contributed by atoms with van der Waals surface area (Å²) in [5.74, 6) is -2.20. The molecule has 0 spiro atoms. The summed E-state index contributed by atoms with van der Waals surface area (Å²) in [6, 6.07) is 15.6. The van der Waals surface area contributed by atoms with Crippen LogP contribution in [0.25, 0.3) is 6.08 Å². The summed E-state index contributed by atoms with van der Waals surface area (Å²) in [6.45, 7) is 4.43. The number of imide groups is 2. The first-order valence-electron chi connectivity index (χ1n) is 10.9. The highest BCUT2D eigenvalue weighted by molar-refractivity contribution is 9.10. The van der Waals surface area contributed by atoms with Crippen LogP contribution in [0.15, 0.2) is 70.7 Å². The molecule has 0 saturated carbocycles. The van der Waals surface area contributed by atoms with Crippen molar-refractivity contribution in [2.75, 3.05) is 4.90 Å². The highest BCUT2D eigenvalue weighted by Crippen LogP contribution is 2.29. The Morgan fingerprint density at radius 2 is 1.67 bits per heavy atom. The van der Waals surface area contributed by atoms with Crippen molar-refractivity contribution in [1.82, 2.24) is 5.32 Å². The molecule has 1 aliphatic rings. The molecular formula is C27H21BrN2O6. The van der Waals surface area contributed by atoms with Gasteiger partial charge in [-0.05, 0) is 83.4 Å². The first-order valence-corrected chi connectivity index (χ1v) is 11.7. The molecule has 0 unspecified atom stereocenters. The Labute approximate surface area is 215 Å². The minimum absolute atomic E-state index is 0.000140. The molecule has 9 heteroatoms. The van der Waals surface area contributed by atoms with Gasteiger partial charge in [0.25, 0.3) is 11.8 Å². The number of carboxylic acids is 1. The van der Waals surface area contributed by atoms with Gasteiger partial charge >= 0.3 is 12.0 Å². The lowest BCUT2D eigenvalue weighted by molar-refractivity contribution is -0.122. The molecule has 0 atom stereocenters. The van der Waals surface area contributed by atoms with Crippen molar-refractivity contribution < 1.29 is 29.0 Å². The van der Waals surface area contributed by atoms with E-state index in [1.807, 2.05) is 13.8 Å². The maximum absolute atomic E-state index is 13.1. The topological polar surface area (TPSA) is 113 Å². The van der Waals surface area contributed by atoms with Gasteiger partial charge in [-0.1, -0.05) is 35.4 Å². The van der Waals surface area contributed by atoms with E-state index in [0.29, 0.717) is 22.4 Å². The van der Waals surface area contributed by atoms with Gasteiger partial charge in [-0.15, -0.1) is 0 Å². The van der Waals surface area contributed by atoms with Gasteiger partial charge in [-0.3, -0.25) is 14.9 Å². The fourth-order valence-corrected chi connectivity index (χ4v) is 4.36.